The van der Waals surface area contributed by atoms with Crippen molar-refractivity contribution >= 4 is 0 Å². The van der Waals surface area contributed by atoms with Crippen LogP contribution < -0.4 is 5.32 Å². The molecule has 0 amide bonds. The van der Waals surface area contributed by atoms with Gasteiger partial charge in [0.1, 0.15) is 0 Å². The van der Waals surface area contributed by atoms with Gasteiger partial charge < -0.3 is 14.8 Å². The third-order valence-corrected chi connectivity index (χ3v) is 1.67. The third kappa shape index (κ3) is 3.70. The van der Waals surface area contributed by atoms with Gasteiger partial charge in [0.2, 0.25) is 0 Å². The molecule has 0 aromatic rings. The zero-order valence-corrected chi connectivity index (χ0v) is 7.14. The van der Waals surface area contributed by atoms with Gasteiger partial charge in [-0.3, -0.25) is 0 Å². The van der Waals surface area contributed by atoms with Crippen LogP contribution in [0.4, 0.5) is 0 Å². The molecule has 3 heteroatoms. The molecule has 11 heavy (non-hydrogen) atoms. The molecule has 1 saturated heterocycles. The Labute approximate surface area is 68.1 Å². The fourth-order valence-electron chi connectivity index (χ4n) is 1.10. The standard InChI is InChI=1S/C8H17NO2/c1-2-4-9-5-3-8-10-6-7-11-8/h8-9H,2-7H2,1H3. The summed E-state index contributed by atoms with van der Waals surface area (Å²) >= 11 is 0. The molecule has 1 fully saturated rings. The van der Waals surface area contributed by atoms with E-state index in [1.165, 1.54) is 6.42 Å². The number of hydrogen-bond donors (Lipinski definition) is 1. The molecule has 1 rings (SSSR count). The highest BCUT2D eigenvalue weighted by Crippen LogP contribution is 2.06. The lowest BCUT2D eigenvalue weighted by molar-refractivity contribution is -0.0458. The van der Waals surface area contributed by atoms with Crippen LogP contribution >= 0.6 is 0 Å². The number of rotatable bonds is 5. The average Bonchev–Trinajstić information content (AvgIpc) is 2.50. The van der Waals surface area contributed by atoms with E-state index in [4.69, 9.17) is 9.47 Å². The van der Waals surface area contributed by atoms with E-state index in [1.807, 2.05) is 0 Å². The minimum Gasteiger partial charge on any atom is -0.350 e. The number of nitrogens with one attached hydrogen (secondary N) is 1. The molecule has 1 aliphatic rings. The predicted molar refractivity (Wildman–Crippen MR) is 43.5 cm³/mol. The topological polar surface area (TPSA) is 30.5 Å². The van der Waals surface area contributed by atoms with Crippen molar-refractivity contribution in [3.63, 3.8) is 0 Å². The van der Waals surface area contributed by atoms with E-state index in [0.29, 0.717) is 0 Å². The van der Waals surface area contributed by atoms with Crippen molar-refractivity contribution in [1.29, 1.82) is 0 Å². The van der Waals surface area contributed by atoms with Crippen molar-refractivity contribution < 1.29 is 9.47 Å². The first kappa shape index (κ1) is 8.97. The molecule has 0 saturated carbocycles. The molecule has 1 heterocycles. The van der Waals surface area contributed by atoms with Gasteiger partial charge in [-0.05, 0) is 19.5 Å². The first-order valence-corrected chi connectivity index (χ1v) is 4.37. The van der Waals surface area contributed by atoms with Crippen LogP contribution in [0.5, 0.6) is 0 Å². The fourth-order valence-corrected chi connectivity index (χ4v) is 1.10. The molecule has 0 bridgehead atoms. The minimum absolute atomic E-state index is 0.0550. The molecule has 3 nitrogen and oxygen atoms in total. The van der Waals surface area contributed by atoms with E-state index < -0.39 is 0 Å². The molecular formula is C8H17NO2. The van der Waals surface area contributed by atoms with Gasteiger partial charge in [0.15, 0.2) is 6.29 Å². The molecule has 0 aromatic carbocycles. The lowest BCUT2D eigenvalue weighted by Gasteiger charge is -2.08. The molecule has 0 spiro atoms. The van der Waals surface area contributed by atoms with Gasteiger partial charge in [-0.25, -0.2) is 0 Å². The highest BCUT2D eigenvalue weighted by Gasteiger charge is 2.14. The van der Waals surface area contributed by atoms with Crippen molar-refractivity contribution in [3.8, 4) is 0 Å². The zero-order chi connectivity index (χ0) is 7.94. The molecule has 0 atom stereocenters. The van der Waals surface area contributed by atoms with Crippen LogP contribution in [0.25, 0.3) is 0 Å². The van der Waals surface area contributed by atoms with Crippen LogP contribution in [0.15, 0.2) is 0 Å². The van der Waals surface area contributed by atoms with E-state index >= 15 is 0 Å². The summed E-state index contributed by atoms with van der Waals surface area (Å²) in [5, 5.41) is 3.30. The van der Waals surface area contributed by atoms with E-state index in [9.17, 15) is 0 Å². The van der Waals surface area contributed by atoms with Gasteiger partial charge in [-0.15, -0.1) is 0 Å². The third-order valence-electron chi connectivity index (χ3n) is 1.67. The van der Waals surface area contributed by atoms with Gasteiger partial charge in [0.05, 0.1) is 13.2 Å². The lowest BCUT2D eigenvalue weighted by atomic mass is 10.4. The molecule has 0 aromatic heterocycles. The van der Waals surface area contributed by atoms with Crippen LogP contribution in [-0.4, -0.2) is 32.6 Å². The molecule has 1 aliphatic heterocycles. The maximum atomic E-state index is 5.27. The Bertz CT molecular complexity index is 92.1. The van der Waals surface area contributed by atoms with Crippen LogP contribution in [0, 0.1) is 0 Å². The van der Waals surface area contributed by atoms with Crippen LogP contribution in [-0.2, 0) is 9.47 Å². The summed E-state index contributed by atoms with van der Waals surface area (Å²) in [4.78, 5) is 0. The van der Waals surface area contributed by atoms with Gasteiger partial charge in [0.25, 0.3) is 0 Å². The van der Waals surface area contributed by atoms with Crippen molar-refractivity contribution in [3.05, 3.63) is 0 Å². The second kappa shape index (κ2) is 5.52. The van der Waals surface area contributed by atoms with Gasteiger partial charge in [-0.1, -0.05) is 6.92 Å². The Hall–Kier alpha value is -0.120. The van der Waals surface area contributed by atoms with Crippen LogP contribution in [0.2, 0.25) is 0 Å². The quantitative estimate of drug-likeness (QED) is 0.600. The minimum atomic E-state index is 0.0550. The fraction of sp³-hybridized carbons (Fsp3) is 1.00. The summed E-state index contributed by atoms with van der Waals surface area (Å²) in [6.07, 6.45) is 2.21. The molecule has 0 aliphatic carbocycles. The number of ether oxygens (including phenoxy) is 2. The van der Waals surface area contributed by atoms with E-state index in [-0.39, 0.29) is 6.29 Å². The Morgan fingerprint density at radius 1 is 1.27 bits per heavy atom. The summed E-state index contributed by atoms with van der Waals surface area (Å²) < 4.78 is 10.5. The maximum Gasteiger partial charge on any atom is 0.159 e. The first-order chi connectivity index (χ1) is 5.43. The van der Waals surface area contributed by atoms with Crippen molar-refractivity contribution in [2.45, 2.75) is 26.1 Å². The first-order valence-electron chi connectivity index (χ1n) is 4.37. The second-order valence-electron chi connectivity index (χ2n) is 2.71. The molecule has 1 N–H and O–H groups in total. The van der Waals surface area contributed by atoms with E-state index in [0.717, 1.165) is 32.7 Å². The Balaban J connectivity index is 1.86. The SMILES string of the molecule is CCCNCCC1OCCO1. The molecule has 0 unspecified atom stereocenters. The van der Waals surface area contributed by atoms with Gasteiger partial charge >= 0.3 is 0 Å². The summed E-state index contributed by atoms with van der Waals surface area (Å²) in [6.45, 7) is 5.78. The highest BCUT2D eigenvalue weighted by molar-refractivity contribution is 4.54. The van der Waals surface area contributed by atoms with E-state index in [1.54, 1.807) is 0 Å². The van der Waals surface area contributed by atoms with E-state index in [2.05, 4.69) is 12.2 Å². The van der Waals surface area contributed by atoms with Crippen molar-refractivity contribution in [1.82, 2.24) is 5.32 Å². The smallest absolute Gasteiger partial charge is 0.159 e. The molecule has 66 valence electrons. The van der Waals surface area contributed by atoms with Crippen molar-refractivity contribution in [2.24, 2.45) is 0 Å². The second-order valence-corrected chi connectivity index (χ2v) is 2.71. The summed E-state index contributed by atoms with van der Waals surface area (Å²) in [5.41, 5.74) is 0. The zero-order valence-electron chi connectivity index (χ0n) is 7.14. The lowest BCUT2D eigenvalue weighted by Crippen LogP contribution is -2.21. The molecule has 0 radical (unpaired) electrons. The molecular weight excluding hydrogens is 142 g/mol. The Morgan fingerprint density at radius 2 is 2.00 bits per heavy atom. The Kier molecular flexibility index (Phi) is 4.50. The monoisotopic (exact) mass is 159 g/mol. The largest absolute Gasteiger partial charge is 0.350 e. The predicted octanol–water partition coefficient (Wildman–Crippen LogP) is 0.749. The van der Waals surface area contributed by atoms with Crippen LogP contribution in [0.3, 0.4) is 0 Å². The highest BCUT2D eigenvalue weighted by atomic mass is 16.7. The normalized spacial score (nSPS) is 19.4. The van der Waals surface area contributed by atoms with Crippen molar-refractivity contribution in [2.75, 3.05) is 26.3 Å². The van der Waals surface area contributed by atoms with Gasteiger partial charge in [0, 0.05) is 6.42 Å². The summed E-state index contributed by atoms with van der Waals surface area (Å²) in [7, 11) is 0. The Morgan fingerprint density at radius 3 is 2.64 bits per heavy atom. The number of hydrogen-bond acceptors (Lipinski definition) is 3. The summed E-state index contributed by atoms with van der Waals surface area (Å²) in [6, 6.07) is 0. The van der Waals surface area contributed by atoms with Gasteiger partial charge in [-0.2, -0.15) is 0 Å². The van der Waals surface area contributed by atoms with Crippen LogP contribution in [0.1, 0.15) is 19.8 Å². The average molecular weight is 159 g/mol. The summed E-state index contributed by atoms with van der Waals surface area (Å²) in [5.74, 6) is 0. The maximum absolute atomic E-state index is 5.27.